The molecule has 0 spiro atoms. The maximum Gasteiger partial charge on any atom is 0.335 e. The molecule has 0 fully saturated rings. The highest BCUT2D eigenvalue weighted by atomic mass is 16.2. The van der Waals surface area contributed by atoms with Gasteiger partial charge >= 0.3 is 5.69 Å². The molecule has 2 aromatic rings. The molecule has 0 amide bonds. The molecule has 0 bridgehead atoms. The maximum atomic E-state index is 12.2. The average molecular weight is 230 g/mol. The molecule has 0 radical (unpaired) electrons. The zero-order valence-electron chi connectivity index (χ0n) is 9.88. The number of nitrogens with zero attached hydrogens (tertiary/aromatic N) is 2. The van der Waals surface area contributed by atoms with Gasteiger partial charge in [0.1, 0.15) is 0 Å². The predicted octanol–water partition coefficient (Wildman–Crippen LogP) is 1.33. The molecule has 0 aliphatic carbocycles. The van der Waals surface area contributed by atoms with E-state index in [-0.39, 0.29) is 11.2 Å². The number of para-hydroxylation sites is 1. The number of hydrogen-bond donors (Lipinski definition) is 0. The Morgan fingerprint density at radius 1 is 1.12 bits per heavy atom. The van der Waals surface area contributed by atoms with E-state index in [2.05, 4.69) is 0 Å². The smallest absolute Gasteiger partial charge is 0.269 e. The Bertz CT molecular complexity index is 639. The van der Waals surface area contributed by atoms with Gasteiger partial charge in [0.2, 0.25) is 0 Å². The van der Waals surface area contributed by atoms with Crippen molar-refractivity contribution in [2.75, 3.05) is 0 Å². The second-order valence-corrected chi connectivity index (χ2v) is 3.82. The van der Waals surface area contributed by atoms with Gasteiger partial charge in [0.25, 0.3) is 5.56 Å². The van der Waals surface area contributed by atoms with E-state index in [1.807, 2.05) is 30.3 Å². The molecule has 2 rings (SSSR count). The van der Waals surface area contributed by atoms with Crippen LogP contribution in [0.3, 0.4) is 0 Å². The first kappa shape index (κ1) is 11.4. The summed E-state index contributed by atoms with van der Waals surface area (Å²) in [6.07, 6.45) is 0. The van der Waals surface area contributed by atoms with Crippen molar-refractivity contribution in [1.82, 2.24) is 9.13 Å². The summed E-state index contributed by atoms with van der Waals surface area (Å²) < 4.78 is 2.77. The highest BCUT2D eigenvalue weighted by molar-refractivity contribution is 5.32. The molecule has 88 valence electrons. The van der Waals surface area contributed by atoms with Crippen LogP contribution in [0.2, 0.25) is 0 Å². The molecule has 4 nitrogen and oxygen atoms in total. The fourth-order valence-corrected chi connectivity index (χ4v) is 1.87. The first-order valence-electron chi connectivity index (χ1n) is 5.54. The van der Waals surface area contributed by atoms with Gasteiger partial charge in [-0.25, -0.2) is 4.79 Å². The van der Waals surface area contributed by atoms with E-state index in [0.29, 0.717) is 12.2 Å². The molecule has 0 atom stereocenters. The third-order valence-corrected chi connectivity index (χ3v) is 2.70. The fraction of sp³-hybridized carbons (Fsp3) is 0.231. The predicted molar refractivity (Wildman–Crippen MR) is 66.7 cm³/mol. The first-order chi connectivity index (χ1) is 8.15. The van der Waals surface area contributed by atoms with Gasteiger partial charge in [-0.2, -0.15) is 0 Å². The van der Waals surface area contributed by atoms with E-state index < -0.39 is 0 Å². The van der Waals surface area contributed by atoms with Gasteiger partial charge in [-0.3, -0.25) is 13.9 Å². The van der Waals surface area contributed by atoms with Crippen molar-refractivity contribution in [3.8, 4) is 5.69 Å². The fourth-order valence-electron chi connectivity index (χ4n) is 1.87. The molecule has 0 N–H and O–H groups in total. The van der Waals surface area contributed by atoms with Crippen LogP contribution in [0.4, 0.5) is 0 Å². The quantitative estimate of drug-likeness (QED) is 0.781. The summed E-state index contributed by atoms with van der Waals surface area (Å²) in [4.78, 5) is 23.8. The van der Waals surface area contributed by atoms with E-state index >= 15 is 0 Å². The molecule has 17 heavy (non-hydrogen) atoms. The summed E-state index contributed by atoms with van der Waals surface area (Å²) in [6.45, 7) is 3.92. The van der Waals surface area contributed by atoms with Gasteiger partial charge < -0.3 is 0 Å². The number of aryl methyl sites for hydroxylation is 1. The summed E-state index contributed by atoms with van der Waals surface area (Å²) in [5.41, 5.74) is 0.888. The molecular formula is C13H14N2O2. The minimum atomic E-state index is -0.288. The topological polar surface area (TPSA) is 44.0 Å². The van der Waals surface area contributed by atoms with Crippen molar-refractivity contribution < 1.29 is 0 Å². The summed E-state index contributed by atoms with van der Waals surface area (Å²) in [6, 6.07) is 10.8. The Labute approximate surface area is 98.8 Å². The lowest BCUT2D eigenvalue weighted by molar-refractivity contribution is 0.638. The summed E-state index contributed by atoms with van der Waals surface area (Å²) >= 11 is 0. The summed E-state index contributed by atoms with van der Waals surface area (Å²) in [5, 5.41) is 0. The van der Waals surface area contributed by atoms with Crippen LogP contribution in [0.15, 0.2) is 46.0 Å². The van der Waals surface area contributed by atoms with Crippen molar-refractivity contribution in [3.05, 3.63) is 62.9 Å². The van der Waals surface area contributed by atoms with Crippen LogP contribution in [0, 0.1) is 6.92 Å². The van der Waals surface area contributed by atoms with Crippen molar-refractivity contribution in [1.29, 1.82) is 0 Å². The Kier molecular flexibility index (Phi) is 2.95. The van der Waals surface area contributed by atoms with Gasteiger partial charge in [-0.1, -0.05) is 18.2 Å². The van der Waals surface area contributed by atoms with Gasteiger partial charge in [-0.15, -0.1) is 0 Å². The van der Waals surface area contributed by atoms with E-state index in [1.165, 1.54) is 10.6 Å². The van der Waals surface area contributed by atoms with Gasteiger partial charge in [-0.05, 0) is 26.0 Å². The van der Waals surface area contributed by atoms with Crippen LogP contribution in [0.5, 0.6) is 0 Å². The van der Waals surface area contributed by atoms with Crippen LogP contribution in [-0.4, -0.2) is 9.13 Å². The van der Waals surface area contributed by atoms with Crippen LogP contribution in [-0.2, 0) is 6.54 Å². The van der Waals surface area contributed by atoms with Crippen molar-refractivity contribution in [2.45, 2.75) is 20.4 Å². The lowest BCUT2D eigenvalue weighted by Gasteiger charge is -2.11. The van der Waals surface area contributed by atoms with E-state index in [0.717, 1.165) is 5.69 Å². The van der Waals surface area contributed by atoms with Crippen molar-refractivity contribution in [2.24, 2.45) is 0 Å². The van der Waals surface area contributed by atoms with Gasteiger partial charge in [0.15, 0.2) is 0 Å². The largest absolute Gasteiger partial charge is 0.335 e. The Morgan fingerprint density at radius 2 is 1.76 bits per heavy atom. The zero-order chi connectivity index (χ0) is 12.4. The molecule has 0 aliphatic heterocycles. The average Bonchev–Trinajstić information content (AvgIpc) is 2.30. The first-order valence-corrected chi connectivity index (χ1v) is 5.54. The Balaban J connectivity index is 2.80. The molecule has 0 saturated carbocycles. The van der Waals surface area contributed by atoms with E-state index in [1.54, 1.807) is 18.4 Å². The second kappa shape index (κ2) is 4.41. The van der Waals surface area contributed by atoms with E-state index in [4.69, 9.17) is 0 Å². The third kappa shape index (κ3) is 1.93. The standard InChI is InChI=1S/C13H14N2O2/c1-3-14-12(16)9-10(2)15(13(14)17)11-7-5-4-6-8-11/h4-9H,3H2,1-2H3. The molecule has 4 heteroatoms. The van der Waals surface area contributed by atoms with Crippen LogP contribution in [0.1, 0.15) is 12.6 Å². The lowest BCUT2D eigenvalue weighted by Crippen LogP contribution is -2.39. The molecule has 0 saturated heterocycles. The minimum absolute atomic E-state index is 0.248. The van der Waals surface area contributed by atoms with Crippen molar-refractivity contribution in [3.63, 3.8) is 0 Å². The lowest BCUT2D eigenvalue weighted by atomic mass is 10.3. The SMILES string of the molecule is CCn1c(=O)cc(C)n(-c2ccccc2)c1=O. The molecular weight excluding hydrogens is 216 g/mol. The number of hydrogen-bond acceptors (Lipinski definition) is 2. The van der Waals surface area contributed by atoms with Crippen LogP contribution in [0.25, 0.3) is 5.69 Å². The Hall–Kier alpha value is -2.10. The summed E-state index contributed by atoms with van der Waals surface area (Å²) in [5.74, 6) is 0. The molecule has 1 heterocycles. The molecule has 1 aromatic carbocycles. The molecule has 1 aromatic heterocycles. The van der Waals surface area contributed by atoms with Gasteiger partial charge in [0, 0.05) is 18.3 Å². The monoisotopic (exact) mass is 230 g/mol. The second-order valence-electron chi connectivity index (χ2n) is 3.82. The zero-order valence-corrected chi connectivity index (χ0v) is 9.88. The highest BCUT2D eigenvalue weighted by Gasteiger charge is 2.08. The van der Waals surface area contributed by atoms with Gasteiger partial charge in [0.05, 0.1) is 5.69 Å². The summed E-state index contributed by atoms with van der Waals surface area (Å²) in [7, 11) is 0. The van der Waals surface area contributed by atoms with Crippen LogP contribution >= 0.6 is 0 Å². The number of aromatic nitrogens is 2. The molecule has 0 aliphatic rings. The molecule has 0 unspecified atom stereocenters. The maximum absolute atomic E-state index is 12.2. The number of benzene rings is 1. The Morgan fingerprint density at radius 3 is 2.35 bits per heavy atom. The van der Waals surface area contributed by atoms with Crippen LogP contribution < -0.4 is 11.2 Å². The van der Waals surface area contributed by atoms with Crippen molar-refractivity contribution >= 4 is 0 Å². The van der Waals surface area contributed by atoms with E-state index in [9.17, 15) is 9.59 Å². The third-order valence-electron chi connectivity index (χ3n) is 2.70. The number of rotatable bonds is 2. The minimum Gasteiger partial charge on any atom is -0.269 e. The normalized spacial score (nSPS) is 10.5. The highest BCUT2D eigenvalue weighted by Crippen LogP contribution is 2.05.